The lowest BCUT2D eigenvalue weighted by Gasteiger charge is -2.27. The summed E-state index contributed by atoms with van der Waals surface area (Å²) in [6.07, 6.45) is 11.9. The molecule has 0 radical (unpaired) electrons. The van der Waals surface area contributed by atoms with Gasteiger partial charge in [0.25, 0.3) is 0 Å². The molecule has 7 rings (SSSR count). The highest BCUT2D eigenvalue weighted by atomic mass is 15.1. The molecule has 0 saturated carbocycles. The first-order chi connectivity index (χ1) is 25.6. The Kier molecular flexibility index (Phi) is 10.4. The molecular weight excluding hydrogens is 629 g/mol. The molecule has 252 valence electrons. The Morgan fingerprint density at radius 2 is 1.15 bits per heavy atom. The summed E-state index contributed by atoms with van der Waals surface area (Å²) in [5, 5.41) is 4.81. The largest absolute Gasteiger partial charge is 0.321 e. The first kappa shape index (κ1) is 33.8. The number of para-hydroxylation sites is 1. The van der Waals surface area contributed by atoms with E-state index in [1.807, 2.05) is 12.2 Å². The number of nitrogens with zero attached hydrogens (tertiary/aromatic N) is 2. The summed E-state index contributed by atoms with van der Waals surface area (Å²) in [7, 11) is 0. The number of hydrogen-bond donors (Lipinski definition) is 0. The quantitative estimate of drug-likeness (QED) is 0.0890. The van der Waals surface area contributed by atoms with Gasteiger partial charge < -0.3 is 9.80 Å². The van der Waals surface area contributed by atoms with E-state index >= 15 is 0 Å². The lowest BCUT2D eigenvalue weighted by atomic mass is 9.98. The summed E-state index contributed by atoms with van der Waals surface area (Å²) in [6.45, 7) is 12.5. The molecule has 0 N–H and O–H groups in total. The van der Waals surface area contributed by atoms with Gasteiger partial charge in [0, 0.05) is 34.0 Å². The van der Waals surface area contributed by atoms with E-state index in [0.717, 1.165) is 63.6 Å². The van der Waals surface area contributed by atoms with Crippen LogP contribution in [0.4, 0.5) is 22.7 Å². The normalized spacial score (nSPS) is 11.5. The highest BCUT2D eigenvalue weighted by Crippen LogP contribution is 2.39. The molecule has 0 bridgehead atoms. The third-order valence-electron chi connectivity index (χ3n) is 9.41. The Morgan fingerprint density at radius 3 is 1.85 bits per heavy atom. The second-order valence-electron chi connectivity index (χ2n) is 12.7. The summed E-state index contributed by atoms with van der Waals surface area (Å²) < 4.78 is 0. The zero-order valence-electron chi connectivity index (χ0n) is 29.4. The molecule has 0 fully saturated rings. The van der Waals surface area contributed by atoms with Crippen molar-refractivity contribution in [2.75, 3.05) is 9.80 Å². The van der Waals surface area contributed by atoms with Gasteiger partial charge in [0.1, 0.15) is 0 Å². The molecule has 7 aromatic rings. The van der Waals surface area contributed by atoms with Crippen molar-refractivity contribution in [2.45, 2.75) is 12.8 Å². The van der Waals surface area contributed by atoms with Gasteiger partial charge in [-0.05, 0) is 94.4 Å². The predicted octanol–water partition coefficient (Wildman–Crippen LogP) is 14.2. The van der Waals surface area contributed by atoms with Crippen molar-refractivity contribution in [2.24, 2.45) is 0 Å². The van der Waals surface area contributed by atoms with E-state index < -0.39 is 0 Å². The van der Waals surface area contributed by atoms with E-state index in [2.05, 4.69) is 212 Å². The average molecular weight is 671 g/mol. The lowest BCUT2D eigenvalue weighted by Crippen LogP contribution is -2.14. The first-order valence-electron chi connectivity index (χ1n) is 17.7. The van der Waals surface area contributed by atoms with Crippen molar-refractivity contribution in [3.63, 3.8) is 0 Å². The minimum absolute atomic E-state index is 0.820. The Morgan fingerprint density at radius 1 is 0.558 bits per heavy atom. The van der Waals surface area contributed by atoms with Gasteiger partial charge in [-0.3, -0.25) is 0 Å². The van der Waals surface area contributed by atoms with Crippen LogP contribution in [0.3, 0.4) is 0 Å². The molecule has 2 nitrogen and oxygen atoms in total. The molecule has 2 heteroatoms. The molecule has 7 aromatic carbocycles. The first-order valence-corrected chi connectivity index (χ1v) is 17.7. The van der Waals surface area contributed by atoms with Gasteiger partial charge in [0.2, 0.25) is 0 Å². The third-order valence-corrected chi connectivity index (χ3v) is 9.41. The topological polar surface area (TPSA) is 6.48 Å². The van der Waals surface area contributed by atoms with Crippen molar-refractivity contribution < 1.29 is 0 Å². The molecule has 0 spiro atoms. The van der Waals surface area contributed by atoms with Gasteiger partial charge in [0.05, 0.1) is 11.4 Å². The van der Waals surface area contributed by atoms with Crippen LogP contribution in [0, 0.1) is 0 Å². The van der Waals surface area contributed by atoms with Crippen LogP contribution in [-0.4, -0.2) is 0 Å². The number of allylic oxidation sites excluding steroid dienone is 6. The second-order valence-corrected chi connectivity index (χ2v) is 12.7. The number of anilines is 4. The fourth-order valence-corrected chi connectivity index (χ4v) is 6.77. The molecule has 0 saturated heterocycles. The van der Waals surface area contributed by atoms with Crippen LogP contribution < -0.4 is 9.80 Å². The van der Waals surface area contributed by atoms with Crippen LogP contribution in [0.1, 0.15) is 18.4 Å². The van der Waals surface area contributed by atoms with Crippen molar-refractivity contribution in [1.82, 2.24) is 0 Å². The Balaban J connectivity index is 1.18. The molecule has 0 atom stereocenters. The zero-order valence-corrected chi connectivity index (χ0v) is 29.4. The maximum atomic E-state index is 4.44. The highest BCUT2D eigenvalue weighted by molar-refractivity contribution is 5.99. The van der Waals surface area contributed by atoms with Crippen LogP contribution in [-0.2, 0) is 0 Å². The van der Waals surface area contributed by atoms with Crippen molar-refractivity contribution in [3.05, 3.63) is 225 Å². The van der Waals surface area contributed by atoms with Crippen molar-refractivity contribution in [3.8, 4) is 11.1 Å². The number of hydrogen-bond acceptors (Lipinski definition) is 2. The SMILES string of the molecule is C=CCCC(=C)N(/C=C/C=C(\C=C)c1cccc(-c2ccc(N(c3ccccc3)c3cccc4ccccc34)cc2)c1)c1cccc2ccccc12. The van der Waals surface area contributed by atoms with Crippen LogP contribution in [0.5, 0.6) is 0 Å². The fraction of sp³-hybridized carbons (Fsp3) is 0.0400. The molecular formula is C50H42N2. The van der Waals surface area contributed by atoms with E-state index in [0.29, 0.717) is 0 Å². The monoisotopic (exact) mass is 670 g/mol. The molecule has 52 heavy (non-hydrogen) atoms. The molecule has 0 aliphatic carbocycles. The zero-order chi connectivity index (χ0) is 35.7. The minimum Gasteiger partial charge on any atom is -0.321 e. The van der Waals surface area contributed by atoms with E-state index in [4.69, 9.17) is 0 Å². The van der Waals surface area contributed by atoms with Crippen LogP contribution in [0.15, 0.2) is 220 Å². The smallest absolute Gasteiger partial charge is 0.0540 e. The van der Waals surface area contributed by atoms with E-state index in [1.54, 1.807) is 0 Å². The van der Waals surface area contributed by atoms with Crippen LogP contribution >= 0.6 is 0 Å². The van der Waals surface area contributed by atoms with Gasteiger partial charge in [0.15, 0.2) is 0 Å². The number of rotatable bonds is 13. The van der Waals surface area contributed by atoms with E-state index in [-0.39, 0.29) is 0 Å². The second kappa shape index (κ2) is 15.9. The van der Waals surface area contributed by atoms with Gasteiger partial charge in [-0.25, -0.2) is 0 Å². The summed E-state index contributed by atoms with van der Waals surface area (Å²) >= 11 is 0. The van der Waals surface area contributed by atoms with Crippen LogP contribution in [0.2, 0.25) is 0 Å². The molecule has 0 aliphatic rings. The van der Waals surface area contributed by atoms with Crippen molar-refractivity contribution in [1.29, 1.82) is 0 Å². The fourth-order valence-electron chi connectivity index (χ4n) is 6.77. The number of benzene rings is 7. The summed E-state index contributed by atoms with van der Waals surface area (Å²) in [4.78, 5) is 4.53. The molecule has 0 unspecified atom stereocenters. The van der Waals surface area contributed by atoms with Gasteiger partial charge in [-0.1, -0.05) is 153 Å². The molecule has 0 aromatic heterocycles. The van der Waals surface area contributed by atoms with Gasteiger partial charge >= 0.3 is 0 Å². The van der Waals surface area contributed by atoms with Crippen molar-refractivity contribution >= 4 is 49.9 Å². The number of fused-ring (bicyclic) bond motifs is 2. The minimum atomic E-state index is 0.820. The van der Waals surface area contributed by atoms with E-state index in [9.17, 15) is 0 Å². The Labute approximate surface area is 307 Å². The highest BCUT2D eigenvalue weighted by Gasteiger charge is 2.15. The molecule has 0 heterocycles. The maximum absolute atomic E-state index is 4.44. The summed E-state index contributed by atoms with van der Waals surface area (Å²) in [6, 6.07) is 58.0. The Bertz CT molecular complexity index is 2400. The van der Waals surface area contributed by atoms with E-state index in [1.165, 1.54) is 21.5 Å². The van der Waals surface area contributed by atoms with Gasteiger partial charge in [-0.2, -0.15) is 0 Å². The molecule has 0 aliphatic heterocycles. The van der Waals surface area contributed by atoms with Gasteiger partial charge in [-0.15, -0.1) is 6.58 Å². The summed E-state index contributed by atoms with van der Waals surface area (Å²) in [5.74, 6) is 0. The predicted molar refractivity (Wildman–Crippen MR) is 226 cm³/mol. The van der Waals surface area contributed by atoms with Crippen LogP contribution in [0.25, 0.3) is 38.2 Å². The lowest BCUT2D eigenvalue weighted by molar-refractivity contribution is 0.938. The Hall–Kier alpha value is -6.64. The standard InChI is InChI=1S/C50H42N2/c1-4-6-18-38(3)51(49-30-15-21-41-19-10-12-28-47(41)49)36-17-25-39(5-2)43-23-14-24-44(37-43)40-32-34-46(35-33-40)52(45-26-8-7-9-27-45)50-31-16-22-42-20-11-13-29-48(42)50/h4-5,7-17,19-37H,1-3,6,18H2/b36-17+,39-25+. The average Bonchev–Trinajstić information content (AvgIpc) is 3.21. The maximum Gasteiger partial charge on any atom is 0.0540 e. The third kappa shape index (κ3) is 7.28. The molecule has 0 amide bonds. The summed E-state index contributed by atoms with van der Waals surface area (Å²) in [5.41, 5.74) is 9.92.